The largest absolute Gasteiger partial charge is 0.335 e. The van der Waals surface area contributed by atoms with Crippen LogP contribution < -0.4 is 5.32 Å². The predicted molar refractivity (Wildman–Crippen MR) is 89.1 cm³/mol. The molecule has 2 aliphatic rings. The highest BCUT2D eigenvalue weighted by Gasteiger charge is 2.32. The minimum Gasteiger partial charge on any atom is -0.335 e. The van der Waals surface area contributed by atoms with Gasteiger partial charge < -0.3 is 9.88 Å². The fourth-order valence-electron chi connectivity index (χ4n) is 3.80. The summed E-state index contributed by atoms with van der Waals surface area (Å²) in [6.45, 7) is 12.6. The zero-order valence-corrected chi connectivity index (χ0v) is 14.6. The monoisotopic (exact) mass is 312 g/mol. The molecule has 1 unspecified atom stereocenters. The van der Waals surface area contributed by atoms with Gasteiger partial charge in [-0.3, -0.25) is 4.90 Å². The van der Waals surface area contributed by atoms with Crippen LogP contribution >= 0.6 is 12.4 Å². The zero-order chi connectivity index (χ0) is 14.3. The van der Waals surface area contributed by atoms with Crippen LogP contribution in [0.15, 0.2) is 0 Å². The van der Waals surface area contributed by atoms with Gasteiger partial charge in [0.1, 0.15) is 5.82 Å². The summed E-state index contributed by atoms with van der Waals surface area (Å²) < 4.78 is 2.33. The number of halogens is 1. The Kier molecular flexibility index (Phi) is 5.01. The molecule has 1 aromatic rings. The highest BCUT2D eigenvalue weighted by Crippen LogP contribution is 2.29. The third-order valence-electron chi connectivity index (χ3n) is 4.95. The van der Waals surface area contributed by atoms with Gasteiger partial charge >= 0.3 is 0 Å². The van der Waals surface area contributed by atoms with Gasteiger partial charge in [-0.05, 0) is 18.4 Å². The molecule has 1 atom stereocenters. The normalized spacial score (nSPS) is 26.0. The highest BCUT2D eigenvalue weighted by atomic mass is 35.5. The third kappa shape index (κ3) is 3.27. The van der Waals surface area contributed by atoms with Crippen molar-refractivity contribution in [3.8, 4) is 0 Å². The number of nitrogens with zero attached hydrogens (tertiary/aromatic N) is 3. The van der Waals surface area contributed by atoms with Crippen LogP contribution in [0, 0.1) is 5.41 Å². The zero-order valence-electron chi connectivity index (χ0n) is 13.8. The Morgan fingerprint density at radius 1 is 1.38 bits per heavy atom. The molecule has 0 bridgehead atoms. The summed E-state index contributed by atoms with van der Waals surface area (Å²) in [7, 11) is 2.18. The van der Waals surface area contributed by atoms with Crippen molar-refractivity contribution in [2.45, 2.75) is 46.1 Å². The van der Waals surface area contributed by atoms with Crippen LogP contribution in [0.1, 0.15) is 50.3 Å². The minimum absolute atomic E-state index is 0. The maximum absolute atomic E-state index is 4.90. The van der Waals surface area contributed by atoms with E-state index in [-0.39, 0.29) is 12.4 Å². The second kappa shape index (κ2) is 6.27. The summed E-state index contributed by atoms with van der Waals surface area (Å²) in [6.07, 6.45) is 2.45. The Morgan fingerprint density at radius 2 is 2.14 bits per heavy atom. The number of aromatic nitrogens is 2. The van der Waals surface area contributed by atoms with Gasteiger partial charge in [0.2, 0.25) is 0 Å². The number of nitrogens with one attached hydrogen (secondary N) is 1. The van der Waals surface area contributed by atoms with Crippen molar-refractivity contribution in [3.05, 3.63) is 17.2 Å². The van der Waals surface area contributed by atoms with Crippen LogP contribution in [-0.4, -0.2) is 40.6 Å². The van der Waals surface area contributed by atoms with Crippen LogP contribution in [0.4, 0.5) is 0 Å². The molecule has 5 heteroatoms. The van der Waals surface area contributed by atoms with Gasteiger partial charge in [0.05, 0.1) is 5.69 Å². The van der Waals surface area contributed by atoms with E-state index in [1.807, 2.05) is 0 Å². The maximum atomic E-state index is 4.90. The Hall–Kier alpha value is -0.580. The summed E-state index contributed by atoms with van der Waals surface area (Å²) in [5.74, 6) is 1.75. The van der Waals surface area contributed by atoms with Crippen LogP contribution in [-0.2, 0) is 20.0 Å². The molecule has 120 valence electrons. The first-order chi connectivity index (χ1) is 9.48. The average molecular weight is 313 g/mol. The van der Waals surface area contributed by atoms with Gasteiger partial charge in [-0.2, -0.15) is 0 Å². The number of hydrogen-bond donors (Lipinski definition) is 1. The van der Waals surface area contributed by atoms with Crippen molar-refractivity contribution in [2.75, 3.05) is 26.2 Å². The molecule has 1 aromatic heterocycles. The molecule has 1 saturated heterocycles. The van der Waals surface area contributed by atoms with Crippen molar-refractivity contribution in [3.63, 3.8) is 0 Å². The molecule has 0 saturated carbocycles. The molecule has 2 aliphatic heterocycles. The molecule has 3 rings (SSSR count). The van der Waals surface area contributed by atoms with E-state index in [1.165, 1.54) is 43.3 Å². The summed E-state index contributed by atoms with van der Waals surface area (Å²) >= 11 is 0. The van der Waals surface area contributed by atoms with E-state index in [4.69, 9.17) is 4.98 Å². The van der Waals surface area contributed by atoms with Crippen LogP contribution in [0.2, 0.25) is 0 Å². The topological polar surface area (TPSA) is 33.1 Å². The number of rotatable bonds is 3. The first-order valence-corrected chi connectivity index (χ1v) is 7.96. The molecule has 1 N–H and O–H groups in total. The lowest BCUT2D eigenvalue weighted by atomic mass is 9.88. The highest BCUT2D eigenvalue weighted by molar-refractivity contribution is 5.85. The molecular weight excluding hydrogens is 284 g/mol. The molecule has 0 aromatic carbocycles. The first kappa shape index (κ1) is 16.8. The van der Waals surface area contributed by atoms with E-state index in [9.17, 15) is 0 Å². The van der Waals surface area contributed by atoms with Crippen molar-refractivity contribution in [1.29, 1.82) is 0 Å². The van der Waals surface area contributed by atoms with Gasteiger partial charge in [-0.1, -0.05) is 20.8 Å². The van der Waals surface area contributed by atoms with E-state index < -0.39 is 0 Å². The Labute approximate surface area is 134 Å². The van der Waals surface area contributed by atoms with Crippen molar-refractivity contribution in [2.24, 2.45) is 12.5 Å². The van der Waals surface area contributed by atoms with Crippen LogP contribution in [0.5, 0.6) is 0 Å². The molecule has 4 nitrogen and oxygen atoms in total. The van der Waals surface area contributed by atoms with Gasteiger partial charge in [-0.15, -0.1) is 12.4 Å². The van der Waals surface area contributed by atoms with E-state index in [0.29, 0.717) is 11.3 Å². The maximum Gasteiger partial charge on any atom is 0.111 e. The van der Waals surface area contributed by atoms with Gasteiger partial charge in [-0.25, -0.2) is 4.98 Å². The summed E-state index contributed by atoms with van der Waals surface area (Å²) in [5, 5.41) is 3.50. The van der Waals surface area contributed by atoms with E-state index in [1.54, 1.807) is 0 Å². The molecule has 3 heterocycles. The fourth-order valence-corrected chi connectivity index (χ4v) is 3.80. The number of fused-ring (bicyclic) bond motifs is 1. The van der Waals surface area contributed by atoms with Gasteiger partial charge in [0.15, 0.2) is 0 Å². The SMILES string of the molecule is CC(C)c1nc2c(n1C)CCN(CC1(C)CCNC1)C2.Cl. The standard InChI is InChI=1S/C16H28N4.ClH/c1-12(2)15-18-13-9-20(8-5-14(13)19(15)4)11-16(3)6-7-17-10-16;/h12,17H,5-11H2,1-4H3;1H. The van der Waals surface area contributed by atoms with Crippen molar-refractivity contribution < 1.29 is 0 Å². The van der Waals surface area contributed by atoms with Crippen LogP contribution in [0.25, 0.3) is 0 Å². The quantitative estimate of drug-likeness (QED) is 0.930. The van der Waals surface area contributed by atoms with Crippen LogP contribution in [0.3, 0.4) is 0 Å². The molecular formula is C16H29ClN4. The van der Waals surface area contributed by atoms with Gasteiger partial charge in [0, 0.05) is 51.3 Å². The fraction of sp³-hybridized carbons (Fsp3) is 0.812. The number of imidazole rings is 1. The Balaban J connectivity index is 0.00000161. The lowest BCUT2D eigenvalue weighted by molar-refractivity contribution is 0.161. The lowest BCUT2D eigenvalue weighted by Gasteiger charge is -2.34. The molecule has 0 amide bonds. The molecule has 1 fully saturated rings. The average Bonchev–Trinajstić information content (AvgIpc) is 2.94. The van der Waals surface area contributed by atoms with Crippen molar-refractivity contribution in [1.82, 2.24) is 19.8 Å². The molecule has 0 aliphatic carbocycles. The molecule has 0 spiro atoms. The minimum atomic E-state index is 0. The second-order valence-corrected chi connectivity index (χ2v) is 7.28. The van der Waals surface area contributed by atoms with E-state index >= 15 is 0 Å². The second-order valence-electron chi connectivity index (χ2n) is 7.28. The molecule has 21 heavy (non-hydrogen) atoms. The lowest BCUT2D eigenvalue weighted by Crippen LogP contribution is -2.40. The number of hydrogen-bond acceptors (Lipinski definition) is 3. The van der Waals surface area contributed by atoms with Gasteiger partial charge in [0.25, 0.3) is 0 Å². The van der Waals surface area contributed by atoms with Crippen molar-refractivity contribution >= 4 is 12.4 Å². The third-order valence-corrected chi connectivity index (χ3v) is 4.95. The predicted octanol–water partition coefficient (Wildman–Crippen LogP) is 2.32. The first-order valence-electron chi connectivity index (χ1n) is 7.96. The summed E-state index contributed by atoms with van der Waals surface area (Å²) in [4.78, 5) is 7.51. The van der Waals surface area contributed by atoms with E-state index in [0.717, 1.165) is 19.5 Å². The smallest absolute Gasteiger partial charge is 0.111 e. The van der Waals surface area contributed by atoms with E-state index in [2.05, 4.69) is 42.6 Å². The Morgan fingerprint density at radius 3 is 2.76 bits per heavy atom. The molecule has 0 radical (unpaired) electrons. The summed E-state index contributed by atoms with van der Waals surface area (Å²) in [5.41, 5.74) is 3.23. The Bertz CT molecular complexity index is 489. The summed E-state index contributed by atoms with van der Waals surface area (Å²) in [6, 6.07) is 0.